The van der Waals surface area contributed by atoms with Crippen molar-refractivity contribution in [3.63, 3.8) is 0 Å². The van der Waals surface area contributed by atoms with Crippen LogP contribution < -0.4 is 10.9 Å². The Hall–Kier alpha value is -2.80. The second-order valence-corrected chi connectivity index (χ2v) is 9.58. The highest BCUT2D eigenvalue weighted by atomic mass is 35.5. The predicted octanol–water partition coefficient (Wildman–Crippen LogP) is 6.55. The number of nitrogens with zero attached hydrogens (tertiary/aromatic N) is 2. The standard InChI is InChI=1S/C25H21Cl2N3O2S/c1-15(2)19-7-4-6-10-22(19)30-24(32)20-8-3-5-9-21(20)29-25(30)33-14-23(31)28-18-12-16(26)11-17(27)13-18/h3-13,15H,14H2,1-2H3,(H,28,31). The SMILES string of the molecule is CC(C)c1ccccc1-n1c(SCC(=O)Nc2cc(Cl)cc(Cl)c2)nc2ccccc2c1=O. The maximum Gasteiger partial charge on any atom is 0.266 e. The van der Waals surface area contributed by atoms with E-state index in [-0.39, 0.29) is 23.1 Å². The van der Waals surface area contributed by atoms with Gasteiger partial charge in [-0.15, -0.1) is 0 Å². The molecule has 0 bridgehead atoms. The zero-order valence-electron chi connectivity index (χ0n) is 18.0. The second-order valence-electron chi connectivity index (χ2n) is 7.76. The van der Waals surface area contributed by atoms with Crippen LogP contribution in [0.5, 0.6) is 0 Å². The van der Waals surface area contributed by atoms with Crippen molar-refractivity contribution in [1.29, 1.82) is 0 Å². The van der Waals surface area contributed by atoms with Crippen LogP contribution in [0.25, 0.3) is 16.6 Å². The fourth-order valence-corrected chi connectivity index (χ4v) is 4.89. The molecule has 0 fully saturated rings. The van der Waals surface area contributed by atoms with E-state index < -0.39 is 0 Å². The summed E-state index contributed by atoms with van der Waals surface area (Å²) in [6.07, 6.45) is 0. The number of amides is 1. The summed E-state index contributed by atoms with van der Waals surface area (Å²) in [4.78, 5) is 30.9. The quantitative estimate of drug-likeness (QED) is 0.242. The van der Waals surface area contributed by atoms with Gasteiger partial charge in [0, 0.05) is 15.7 Å². The van der Waals surface area contributed by atoms with Crippen molar-refractivity contribution in [3.05, 3.63) is 92.7 Å². The van der Waals surface area contributed by atoms with Crippen LogP contribution in [0.4, 0.5) is 5.69 Å². The van der Waals surface area contributed by atoms with Crippen molar-refractivity contribution in [3.8, 4) is 5.69 Å². The molecule has 5 nitrogen and oxygen atoms in total. The van der Waals surface area contributed by atoms with E-state index in [1.54, 1.807) is 34.9 Å². The van der Waals surface area contributed by atoms with Crippen LogP contribution in [-0.2, 0) is 4.79 Å². The van der Waals surface area contributed by atoms with Crippen LogP contribution in [0, 0.1) is 0 Å². The van der Waals surface area contributed by atoms with Gasteiger partial charge in [0.25, 0.3) is 5.56 Å². The van der Waals surface area contributed by atoms with Gasteiger partial charge in [0.1, 0.15) is 0 Å². The van der Waals surface area contributed by atoms with Gasteiger partial charge in [-0.2, -0.15) is 0 Å². The third-order valence-corrected chi connectivity index (χ3v) is 6.40. The van der Waals surface area contributed by atoms with E-state index >= 15 is 0 Å². The molecule has 0 saturated heterocycles. The highest BCUT2D eigenvalue weighted by molar-refractivity contribution is 7.99. The monoisotopic (exact) mass is 497 g/mol. The van der Waals surface area contributed by atoms with Crippen molar-refractivity contribution in [1.82, 2.24) is 9.55 Å². The molecule has 0 unspecified atom stereocenters. The van der Waals surface area contributed by atoms with E-state index in [1.165, 1.54) is 11.8 Å². The number of hydrogen-bond acceptors (Lipinski definition) is 4. The van der Waals surface area contributed by atoms with E-state index in [0.29, 0.717) is 31.8 Å². The Morgan fingerprint density at radius 1 is 1.03 bits per heavy atom. The lowest BCUT2D eigenvalue weighted by Gasteiger charge is -2.18. The molecule has 33 heavy (non-hydrogen) atoms. The predicted molar refractivity (Wildman–Crippen MR) is 137 cm³/mol. The van der Waals surface area contributed by atoms with Crippen LogP contribution in [-0.4, -0.2) is 21.2 Å². The minimum Gasteiger partial charge on any atom is -0.325 e. The number of halogens is 2. The molecule has 0 saturated carbocycles. The number of carbonyl (C=O) groups excluding carboxylic acids is 1. The summed E-state index contributed by atoms with van der Waals surface area (Å²) in [7, 11) is 0. The van der Waals surface area contributed by atoms with Crippen LogP contribution in [0.3, 0.4) is 0 Å². The molecule has 0 aliphatic carbocycles. The summed E-state index contributed by atoms with van der Waals surface area (Å²) < 4.78 is 1.60. The van der Waals surface area contributed by atoms with E-state index in [0.717, 1.165) is 11.3 Å². The summed E-state index contributed by atoms with van der Waals surface area (Å²) in [6.45, 7) is 4.16. The van der Waals surface area contributed by atoms with E-state index in [2.05, 4.69) is 19.2 Å². The van der Waals surface area contributed by atoms with Crippen LogP contribution >= 0.6 is 35.0 Å². The van der Waals surface area contributed by atoms with Gasteiger partial charge in [-0.25, -0.2) is 4.98 Å². The fraction of sp³-hybridized carbons (Fsp3) is 0.160. The number of carbonyl (C=O) groups is 1. The number of thioether (sulfide) groups is 1. The molecule has 0 spiro atoms. The van der Waals surface area contributed by atoms with E-state index in [9.17, 15) is 9.59 Å². The third kappa shape index (κ3) is 5.24. The number of fused-ring (bicyclic) bond motifs is 1. The molecular weight excluding hydrogens is 477 g/mol. The molecule has 1 amide bonds. The van der Waals surface area contributed by atoms with Crippen LogP contribution in [0.1, 0.15) is 25.3 Å². The summed E-state index contributed by atoms with van der Waals surface area (Å²) in [5.74, 6) is -0.00333. The van der Waals surface area contributed by atoms with Gasteiger partial charge in [0.05, 0.1) is 22.3 Å². The molecule has 0 aliphatic rings. The van der Waals surface area contributed by atoms with Gasteiger partial charge in [-0.3, -0.25) is 14.2 Å². The Kier molecular flexibility index (Phi) is 7.08. The van der Waals surface area contributed by atoms with Crippen molar-refractivity contribution >= 4 is 57.5 Å². The van der Waals surface area contributed by atoms with E-state index in [4.69, 9.17) is 28.2 Å². The lowest BCUT2D eigenvalue weighted by molar-refractivity contribution is -0.113. The fourth-order valence-electron chi connectivity index (χ4n) is 3.55. The maximum absolute atomic E-state index is 13.5. The summed E-state index contributed by atoms with van der Waals surface area (Å²) in [5.41, 5.74) is 2.72. The topological polar surface area (TPSA) is 64.0 Å². The molecule has 0 radical (unpaired) electrons. The average molecular weight is 498 g/mol. The van der Waals surface area contributed by atoms with Crippen molar-refractivity contribution in [2.24, 2.45) is 0 Å². The number of para-hydroxylation sites is 2. The molecule has 3 aromatic carbocycles. The first-order valence-corrected chi connectivity index (χ1v) is 12.1. The van der Waals surface area contributed by atoms with Gasteiger partial charge in [0.15, 0.2) is 5.16 Å². The van der Waals surface area contributed by atoms with Gasteiger partial charge >= 0.3 is 0 Å². The minimum atomic E-state index is -0.260. The van der Waals surface area contributed by atoms with Gasteiger partial charge < -0.3 is 5.32 Å². The lowest BCUT2D eigenvalue weighted by Crippen LogP contribution is -2.24. The van der Waals surface area contributed by atoms with Gasteiger partial charge in [-0.05, 0) is 47.9 Å². The minimum absolute atomic E-state index is 0.0543. The Balaban J connectivity index is 1.72. The molecule has 0 aliphatic heterocycles. The third-order valence-electron chi connectivity index (χ3n) is 5.02. The number of anilines is 1. The molecule has 8 heteroatoms. The second kappa shape index (κ2) is 10.00. The normalized spacial score (nSPS) is 11.2. The zero-order chi connectivity index (χ0) is 23.5. The van der Waals surface area contributed by atoms with Gasteiger partial charge in [-0.1, -0.05) is 79.1 Å². The highest BCUT2D eigenvalue weighted by Crippen LogP contribution is 2.28. The largest absolute Gasteiger partial charge is 0.325 e. The zero-order valence-corrected chi connectivity index (χ0v) is 20.3. The van der Waals surface area contributed by atoms with Crippen LogP contribution in [0.15, 0.2) is 76.7 Å². The number of rotatable bonds is 6. The Morgan fingerprint density at radius 2 is 1.70 bits per heavy atom. The van der Waals surface area contributed by atoms with Crippen molar-refractivity contribution in [2.75, 3.05) is 11.1 Å². The van der Waals surface area contributed by atoms with Crippen molar-refractivity contribution < 1.29 is 4.79 Å². The Labute approximate surface area is 205 Å². The average Bonchev–Trinajstić information content (AvgIpc) is 2.77. The smallest absolute Gasteiger partial charge is 0.266 e. The first kappa shape index (κ1) is 23.4. The molecule has 168 valence electrons. The molecular formula is C25H21Cl2N3O2S. The lowest BCUT2D eigenvalue weighted by atomic mass is 10.0. The van der Waals surface area contributed by atoms with Crippen molar-refractivity contribution in [2.45, 2.75) is 24.9 Å². The Bertz CT molecular complexity index is 1380. The van der Waals surface area contributed by atoms with Gasteiger partial charge in [0.2, 0.25) is 5.91 Å². The molecule has 0 atom stereocenters. The molecule has 4 rings (SSSR count). The summed E-state index contributed by atoms with van der Waals surface area (Å²) in [5, 5.41) is 4.63. The van der Waals surface area contributed by atoms with E-state index in [1.807, 2.05) is 36.4 Å². The molecule has 1 aromatic heterocycles. The number of nitrogens with one attached hydrogen (secondary N) is 1. The first-order valence-electron chi connectivity index (χ1n) is 10.3. The number of aromatic nitrogens is 2. The molecule has 1 heterocycles. The number of benzene rings is 3. The summed E-state index contributed by atoms with van der Waals surface area (Å²) in [6, 6.07) is 19.8. The highest BCUT2D eigenvalue weighted by Gasteiger charge is 2.18. The number of hydrogen-bond donors (Lipinski definition) is 1. The molecule has 4 aromatic rings. The van der Waals surface area contributed by atoms with Crippen LogP contribution in [0.2, 0.25) is 10.0 Å². The maximum atomic E-state index is 13.5. The first-order chi connectivity index (χ1) is 15.8. The molecule has 1 N–H and O–H groups in total. The Morgan fingerprint density at radius 3 is 2.42 bits per heavy atom. The summed E-state index contributed by atoms with van der Waals surface area (Å²) >= 11 is 13.2.